The largest absolute Gasteiger partial charge is 0.497 e. The van der Waals surface area contributed by atoms with Gasteiger partial charge in [0.05, 0.1) is 23.7 Å². The normalized spacial score (nSPS) is 10.8. The molecule has 4 rings (SSSR count). The van der Waals surface area contributed by atoms with Crippen LogP contribution in [0.2, 0.25) is 0 Å². The summed E-state index contributed by atoms with van der Waals surface area (Å²) in [5.41, 5.74) is 2.38. The molecule has 2 aromatic heterocycles. The van der Waals surface area contributed by atoms with E-state index in [1.807, 2.05) is 19.9 Å². The van der Waals surface area contributed by atoms with Gasteiger partial charge < -0.3 is 14.3 Å². The Labute approximate surface area is 183 Å². The number of ether oxygens (including phenoxy) is 2. The van der Waals surface area contributed by atoms with Crippen LogP contribution >= 0.6 is 0 Å². The average Bonchev–Trinajstić information content (AvgIpc) is 3.14. The van der Waals surface area contributed by atoms with E-state index in [2.05, 4.69) is 10.1 Å². The molecule has 2 heterocycles. The molecule has 2 aromatic carbocycles. The summed E-state index contributed by atoms with van der Waals surface area (Å²) in [6.07, 6.45) is 0. The van der Waals surface area contributed by atoms with E-state index >= 15 is 0 Å². The van der Waals surface area contributed by atoms with Gasteiger partial charge in [-0.1, -0.05) is 24.3 Å². The summed E-state index contributed by atoms with van der Waals surface area (Å²) >= 11 is 0. The molecule has 0 saturated heterocycles. The quantitative estimate of drug-likeness (QED) is 0.412. The highest BCUT2D eigenvalue weighted by molar-refractivity contribution is 5.78. The molecule has 0 aliphatic carbocycles. The molecule has 164 valence electrons. The number of aromatic nitrogens is 4. The van der Waals surface area contributed by atoms with Crippen LogP contribution in [0, 0.1) is 13.8 Å². The molecule has 0 spiro atoms. The standard InChI is InChI=1S/C23H22N4O5/c1-15-12-16(2)26(25-15)23-24-20-7-5-4-6-19(20)22(29)27(23)32-14-21(28)31-13-17-8-10-18(30-3)11-9-17/h4-12H,13-14H2,1-3H3. The van der Waals surface area contributed by atoms with Crippen LogP contribution in [-0.4, -0.2) is 39.2 Å². The number of carbonyl (C=O) groups is 1. The zero-order chi connectivity index (χ0) is 22.7. The third-order valence-corrected chi connectivity index (χ3v) is 4.79. The van der Waals surface area contributed by atoms with Gasteiger partial charge in [0, 0.05) is 5.69 Å². The molecule has 0 aliphatic heterocycles. The third kappa shape index (κ3) is 4.31. The van der Waals surface area contributed by atoms with Gasteiger partial charge in [0.15, 0.2) is 0 Å². The van der Waals surface area contributed by atoms with Crippen LogP contribution < -0.4 is 15.1 Å². The van der Waals surface area contributed by atoms with Crippen molar-refractivity contribution in [1.29, 1.82) is 0 Å². The number of carbonyl (C=O) groups excluding carboxylic acids is 1. The fourth-order valence-electron chi connectivity index (χ4n) is 3.23. The molecule has 9 heteroatoms. The topological polar surface area (TPSA) is 97.5 Å². The predicted octanol–water partition coefficient (Wildman–Crippen LogP) is 2.38. The monoisotopic (exact) mass is 434 g/mol. The molecular weight excluding hydrogens is 412 g/mol. The Hall–Kier alpha value is -4.14. The molecule has 0 amide bonds. The number of benzene rings is 2. The Morgan fingerprint density at radius 2 is 1.81 bits per heavy atom. The molecule has 0 fully saturated rings. The van der Waals surface area contributed by atoms with E-state index in [0.717, 1.165) is 21.7 Å². The molecule has 0 aliphatic rings. The lowest BCUT2D eigenvalue weighted by Gasteiger charge is -2.14. The van der Waals surface area contributed by atoms with Gasteiger partial charge in [-0.2, -0.15) is 5.10 Å². The van der Waals surface area contributed by atoms with Gasteiger partial charge >= 0.3 is 5.97 Å². The van der Waals surface area contributed by atoms with E-state index in [0.29, 0.717) is 16.7 Å². The maximum Gasteiger partial charge on any atom is 0.347 e. The van der Waals surface area contributed by atoms with E-state index < -0.39 is 18.1 Å². The lowest BCUT2D eigenvalue weighted by atomic mass is 10.2. The molecule has 0 radical (unpaired) electrons. The van der Waals surface area contributed by atoms with Gasteiger partial charge in [0.2, 0.25) is 6.61 Å². The fraction of sp³-hybridized carbons (Fsp3) is 0.217. The minimum atomic E-state index is -0.625. The highest BCUT2D eigenvalue weighted by Gasteiger charge is 2.18. The second-order valence-electron chi connectivity index (χ2n) is 7.15. The first-order valence-corrected chi connectivity index (χ1v) is 9.93. The first kappa shape index (κ1) is 21.1. The summed E-state index contributed by atoms with van der Waals surface area (Å²) in [4.78, 5) is 35.5. The Bertz CT molecular complexity index is 1320. The van der Waals surface area contributed by atoms with Gasteiger partial charge in [-0.3, -0.25) is 4.79 Å². The van der Waals surface area contributed by atoms with E-state index in [1.54, 1.807) is 55.6 Å². The summed E-state index contributed by atoms with van der Waals surface area (Å²) in [5.74, 6) is 0.241. The summed E-state index contributed by atoms with van der Waals surface area (Å²) in [7, 11) is 1.58. The van der Waals surface area contributed by atoms with Crippen molar-refractivity contribution in [1.82, 2.24) is 19.5 Å². The maximum absolute atomic E-state index is 13.1. The van der Waals surface area contributed by atoms with Crippen LogP contribution in [-0.2, 0) is 16.1 Å². The smallest absolute Gasteiger partial charge is 0.347 e. The average molecular weight is 434 g/mol. The third-order valence-electron chi connectivity index (χ3n) is 4.79. The van der Waals surface area contributed by atoms with Crippen molar-refractivity contribution in [2.24, 2.45) is 0 Å². The van der Waals surface area contributed by atoms with Crippen molar-refractivity contribution in [2.75, 3.05) is 13.7 Å². The van der Waals surface area contributed by atoms with Gasteiger partial charge in [-0.25, -0.2) is 14.5 Å². The number of methoxy groups -OCH3 is 1. The van der Waals surface area contributed by atoms with Gasteiger partial charge in [0.1, 0.15) is 12.4 Å². The lowest BCUT2D eigenvalue weighted by molar-refractivity contribution is -0.150. The van der Waals surface area contributed by atoms with Crippen molar-refractivity contribution < 1.29 is 19.1 Å². The summed E-state index contributed by atoms with van der Waals surface area (Å²) in [6, 6.07) is 15.9. The van der Waals surface area contributed by atoms with Crippen molar-refractivity contribution in [2.45, 2.75) is 20.5 Å². The van der Waals surface area contributed by atoms with Crippen LogP contribution in [0.4, 0.5) is 0 Å². The number of hydrogen-bond acceptors (Lipinski definition) is 7. The zero-order valence-corrected chi connectivity index (χ0v) is 17.9. The maximum atomic E-state index is 13.1. The SMILES string of the molecule is COc1ccc(COC(=O)COn2c(-n3nc(C)cc3C)nc3ccccc3c2=O)cc1. The van der Waals surface area contributed by atoms with Crippen molar-refractivity contribution in [3.05, 3.63) is 81.9 Å². The number of nitrogens with zero attached hydrogens (tertiary/aromatic N) is 4. The Morgan fingerprint density at radius 1 is 1.06 bits per heavy atom. The molecule has 0 saturated carbocycles. The minimum absolute atomic E-state index is 0.0708. The Kier molecular flexibility index (Phi) is 5.89. The minimum Gasteiger partial charge on any atom is -0.497 e. The molecule has 0 bridgehead atoms. The molecule has 9 nitrogen and oxygen atoms in total. The summed E-state index contributed by atoms with van der Waals surface area (Å²) in [6.45, 7) is 3.28. The number of para-hydroxylation sites is 1. The van der Waals surface area contributed by atoms with Crippen molar-refractivity contribution in [3.8, 4) is 11.7 Å². The number of hydrogen-bond donors (Lipinski definition) is 0. The first-order valence-electron chi connectivity index (χ1n) is 9.93. The number of rotatable bonds is 7. The molecule has 0 unspecified atom stereocenters. The number of aryl methyl sites for hydroxylation is 2. The lowest BCUT2D eigenvalue weighted by Crippen LogP contribution is -2.35. The second kappa shape index (κ2) is 8.93. The molecular formula is C23H22N4O5. The molecule has 32 heavy (non-hydrogen) atoms. The van der Waals surface area contributed by atoms with E-state index in [4.69, 9.17) is 14.3 Å². The first-order chi connectivity index (χ1) is 15.5. The highest BCUT2D eigenvalue weighted by Crippen LogP contribution is 2.14. The predicted molar refractivity (Wildman–Crippen MR) is 117 cm³/mol. The van der Waals surface area contributed by atoms with Gasteiger partial charge in [0.25, 0.3) is 11.5 Å². The van der Waals surface area contributed by atoms with Gasteiger partial charge in [-0.15, -0.1) is 4.73 Å². The number of esters is 1. The molecule has 4 aromatic rings. The van der Waals surface area contributed by atoms with E-state index in [-0.39, 0.29) is 12.6 Å². The van der Waals surface area contributed by atoms with E-state index in [9.17, 15) is 9.59 Å². The zero-order valence-electron chi connectivity index (χ0n) is 17.9. The molecule has 0 N–H and O–H groups in total. The van der Waals surface area contributed by atoms with Gasteiger partial charge in [-0.05, 0) is 49.7 Å². The van der Waals surface area contributed by atoms with Crippen molar-refractivity contribution in [3.63, 3.8) is 0 Å². The van der Waals surface area contributed by atoms with Crippen LogP contribution in [0.3, 0.4) is 0 Å². The number of fused-ring (bicyclic) bond motifs is 1. The van der Waals surface area contributed by atoms with Crippen molar-refractivity contribution >= 4 is 16.9 Å². The Balaban J connectivity index is 1.56. The fourth-order valence-corrected chi connectivity index (χ4v) is 3.23. The Morgan fingerprint density at radius 3 is 2.50 bits per heavy atom. The van der Waals surface area contributed by atoms with Crippen LogP contribution in [0.25, 0.3) is 16.9 Å². The van der Waals surface area contributed by atoms with E-state index in [1.165, 1.54) is 4.68 Å². The van der Waals surface area contributed by atoms with Crippen LogP contribution in [0.1, 0.15) is 17.0 Å². The molecule has 0 atom stereocenters. The summed E-state index contributed by atoms with van der Waals surface area (Å²) < 4.78 is 12.9. The summed E-state index contributed by atoms with van der Waals surface area (Å²) in [5, 5.41) is 4.76. The van der Waals surface area contributed by atoms with Crippen LogP contribution in [0.15, 0.2) is 59.4 Å². The second-order valence-corrected chi connectivity index (χ2v) is 7.15. The van der Waals surface area contributed by atoms with Crippen LogP contribution in [0.5, 0.6) is 5.75 Å². The highest BCUT2D eigenvalue weighted by atomic mass is 16.7.